The number of aliphatic carboxylic acids is 1. The van der Waals surface area contributed by atoms with Crippen LogP contribution in [-0.4, -0.2) is 36.2 Å². The summed E-state index contributed by atoms with van der Waals surface area (Å²) in [6, 6.07) is 6.63. The van der Waals surface area contributed by atoms with E-state index in [1.165, 1.54) is 6.08 Å². The van der Waals surface area contributed by atoms with Crippen molar-refractivity contribution in [2.45, 2.75) is 25.8 Å². The Balaban J connectivity index is 2.56. The van der Waals surface area contributed by atoms with E-state index in [2.05, 4.69) is 11.9 Å². The van der Waals surface area contributed by atoms with Crippen LogP contribution < -0.4 is 5.32 Å². The Bertz CT molecular complexity index is 499. The Kier molecular flexibility index (Phi) is 7.18. The second-order valence-electron chi connectivity index (χ2n) is 4.63. The summed E-state index contributed by atoms with van der Waals surface area (Å²) in [6.07, 6.45) is 2.57. The van der Waals surface area contributed by atoms with E-state index in [0.29, 0.717) is 0 Å². The molecule has 0 aliphatic carbocycles. The molecule has 5 nitrogen and oxygen atoms in total. The smallest absolute Gasteiger partial charge is 0.328 e. The number of hydrogen-bond acceptors (Lipinski definition) is 3. The van der Waals surface area contributed by atoms with E-state index in [4.69, 9.17) is 9.84 Å². The van der Waals surface area contributed by atoms with Gasteiger partial charge in [-0.1, -0.05) is 37.3 Å². The van der Waals surface area contributed by atoms with Crippen molar-refractivity contribution in [3.63, 3.8) is 0 Å². The van der Waals surface area contributed by atoms with Gasteiger partial charge in [0.15, 0.2) is 6.04 Å². The molecule has 2 N–H and O–H groups in total. The van der Waals surface area contributed by atoms with Gasteiger partial charge in [-0.3, -0.25) is 4.79 Å². The van der Waals surface area contributed by atoms with Gasteiger partial charge in [-0.2, -0.15) is 0 Å². The first-order valence-corrected chi connectivity index (χ1v) is 6.85. The van der Waals surface area contributed by atoms with E-state index in [9.17, 15) is 9.59 Å². The fourth-order valence-corrected chi connectivity index (χ4v) is 1.83. The number of nitrogens with one attached hydrogen (secondary N) is 1. The number of carbonyl (C=O) groups is 2. The minimum atomic E-state index is -1.12. The predicted molar refractivity (Wildman–Crippen MR) is 80.1 cm³/mol. The van der Waals surface area contributed by atoms with Crippen molar-refractivity contribution in [2.24, 2.45) is 0 Å². The lowest BCUT2D eigenvalue weighted by Gasteiger charge is -2.14. The maximum absolute atomic E-state index is 11.9. The van der Waals surface area contributed by atoms with Gasteiger partial charge in [-0.25, -0.2) is 4.79 Å². The first-order valence-electron chi connectivity index (χ1n) is 6.85. The Morgan fingerprint density at radius 3 is 2.76 bits per heavy atom. The Morgan fingerprint density at radius 2 is 2.14 bits per heavy atom. The minimum Gasteiger partial charge on any atom is -0.480 e. The van der Waals surface area contributed by atoms with Crippen LogP contribution in [0.5, 0.6) is 0 Å². The van der Waals surface area contributed by atoms with Gasteiger partial charge in [0.25, 0.3) is 0 Å². The monoisotopic (exact) mass is 291 g/mol. The summed E-state index contributed by atoms with van der Waals surface area (Å²) >= 11 is 0. The molecule has 0 saturated carbocycles. The van der Waals surface area contributed by atoms with E-state index in [0.717, 1.165) is 17.5 Å². The number of benzene rings is 1. The molecule has 1 amide bonds. The van der Waals surface area contributed by atoms with Crippen LogP contribution in [0.2, 0.25) is 0 Å². The Morgan fingerprint density at radius 1 is 1.43 bits per heavy atom. The van der Waals surface area contributed by atoms with Crippen molar-refractivity contribution in [1.29, 1.82) is 0 Å². The molecule has 0 spiro atoms. The zero-order valence-electron chi connectivity index (χ0n) is 12.2. The molecule has 1 aromatic rings. The highest BCUT2D eigenvalue weighted by Gasteiger charge is 2.20. The molecular weight excluding hydrogens is 270 g/mol. The predicted octanol–water partition coefficient (Wildman–Crippen LogP) is 1.56. The van der Waals surface area contributed by atoms with Gasteiger partial charge in [0.2, 0.25) is 5.91 Å². The maximum Gasteiger partial charge on any atom is 0.328 e. The third kappa shape index (κ3) is 6.23. The summed E-state index contributed by atoms with van der Waals surface area (Å²) in [6.45, 7) is 5.68. The van der Waals surface area contributed by atoms with Gasteiger partial charge in [-0.15, -0.1) is 6.58 Å². The van der Waals surface area contributed by atoms with Gasteiger partial charge in [0, 0.05) is 0 Å². The van der Waals surface area contributed by atoms with Crippen molar-refractivity contribution in [2.75, 3.05) is 13.2 Å². The third-order valence-corrected chi connectivity index (χ3v) is 2.92. The van der Waals surface area contributed by atoms with Crippen LogP contribution in [0.4, 0.5) is 0 Å². The first-order chi connectivity index (χ1) is 10.1. The molecule has 0 aliphatic heterocycles. The van der Waals surface area contributed by atoms with Crippen LogP contribution in [0.3, 0.4) is 0 Å². The van der Waals surface area contributed by atoms with Gasteiger partial charge in [0.1, 0.15) is 0 Å². The number of aryl methyl sites for hydroxylation is 1. The molecule has 0 aromatic heterocycles. The Hall–Kier alpha value is -2.14. The lowest BCUT2D eigenvalue weighted by molar-refractivity contribution is -0.143. The van der Waals surface area contributed by atoms with E-state index >= 15 is 0 Å². The summed E-state index contributed by atoms with van der Waals surface area (Å²) in [7, 11) is 0. The van der Waals surface area contributed by atoms with Crippen molar-refractivity contribution in [1.82, 2.24) is 5.32 Å². The average molecular weight is 291 g/mol. The number of carbonyl (C=O) groups excluding carboxylic acids is 1. The molecule has 0 fully saturated rings. The van der Waals surface area contributed by atoms with Crippen LogP contribution in [0, 0.1) is 0 Å². The second kappa shape index (κ2) is 8.92. The molecule has 5 heteroatoms. The molecule has 0 bridgehead atoms. The number of ether oxygens (including phenoxy) is 1. The number of carboxylic acids is 1. The number of hydrogen-bond donors (Lipinski definition) is 2. The highest BCUT2D eigenvalue weighted by molar-refractivity contribution is 5.84. The van der Waals surface area contributed by atoms with E-state index in [1.54, 1.807) is 0 Å². The molecule has 114 valence electrons. The zero-order chi connectivity index (χ0) is 15.7. The molecule has 21 heavy (non-hydrogen) atoms. The number of rotatable bonds is 9. The van der Waals surface area contributed by atoms with Crippen LogP contribution in [0.15, 0.2) is 36.9 Å². The van der Waals surface area contributed by atoms with Gasteiger partial charge < -0.3 is 15.2 Å². The summed E-state index contributed by atoms with van der Waals surface area (Å²) in [4.78, 5) is 23.0. The van der Waals surface area contributed by atoms with Gasteiger partial charge in [-0.05, 0) is 17.5 Å². The van der Waals surface area contributed by atoms with Gasteiger partial charge >= 0.3 is 5.97 Å². The van der Waals surface area contributed by atoms with E-state index in [1.807, 2.05) is 31.2 Å². The van der Waals surface area contributed by atoms with Gasteiger partial charge in [0.05, 0.1) is 19.6 Å². The molecule has 1 atom stereocenters. The highest BCUT2D eigenvalue weighted by Crippen LogP contribution is 2.06. The normalized spacial score (nSPS) is 11.7. The summed E-state index contributed by atoms with van der Waals surface area (Å²) in [5.74, 6) is -1.45. The number of carboxylic acid groups (broad SMARTS) is 1. The summed E-state index contributed by atoms with van der Waals surface area (Å²) in [5.41, 5.74) is 2.01. The van der Waals surface area contributed by atoms with Crippen molar-refractivity contribution < 1.29 is 19.4 Å². The van der Waals surface area contributed by atoms with Crippen LogP contribution in [0.25, 0.3) is 0 Å². The molecule has 0 aliphatic rings. The quantitative estimate of drug-likeness (QED) is 0.535. The lowest BCUT2D eigenvalue weighted by atomic mass is 10.1. The van der Waals surface area contributed by atoms with Crippen molar-refractivity contribution in [3.05, 3.63) is 48.0 Å². The third-order valence-electron chi connectivity index (χ3n) is 2.92. The van der Waals surface area contributed by atoms with Crippen LogP contribution in [-0.2, 0) is 27.2 Å². The molecule has 0 saturated heterocycles. The minimum absolute atomic E-state index is 0.0813. The standard InChI is InChI=1S/C16H21NO4/c1-3-8-21-11-14(16(19)20)17-15(18)10-13-7-5-6-12(4-2)9-13/h3,5-7,9,14H,1,4,8,10-11H2,2H3,(H,17,18)(H,19,20). The SMILES string of the molecule is C=CCOCC(NC(=O)Cc1cccc(CC)c1)C(=O)O. The molecule has 0 radical (unpaired) electrons. The topological polar surface area (TPSA) is 75.6 Å². The Labute approximate surface area is 124 Å². The average Bonchev–Trinajstić information content (AvgIpc) is 2.46. The van der Waals surface area contributed by atoms with Crippen LogP contribution >= 0.6 is 0 Å². The lowest BCUT2D eigenvalue weighted by Crippen LogP contribution is -2.44. The van der Waals surface area contributed by atoms with Crippen molar-refractivity contribution in [3.8, 4) is 0 Å². The molecular formula is C16H21NO4. The van der Waals surface area contributed by atoms with Crippen LogP contribution in [0.1, 0.15) is 18.1 Å². The first kappa shape index (κ1) is 16.9. The van der Waals surface area contributed by atoms with Crippen molar-refractivity contribution >= 4 is 11.9 Å². The van der Waals surface area contributed by atoms with E-state index < -0.39 is 12.0 Å². The fourth-order valence-electron chi connectivity index (χ4n) is 1.83. The largest absolute Gasteiger partial charge is 0.480 e. The van der Waals surface area contributed by atoms with E-state index in [-0.39, 0.29) is 25.5 Å². The zero-order valence-corrected chi connectivity index (χ0v) is 12.2. The highest BCUT2D eigenvalue weighted by atomic mass is 16.5. The summed E-state index contributed by atoms with van der Waals surface area (Å²) < 4.78 is 5.08. The fraction of sp³-hybridized carbons (Fsp3) is 0.375. The molecule has 1 rings (SSSR count). The number of amides is 1. The summed E-state index contributed by atoms with van der Waals surface area (Å²) in [5, 5.41) is 11.5. The molecule has 1 unspecified atom stereocenters. The molecule has 0 heterocycles. The maximum atomic E-state index is 11.9. The molecule has 1 aromatic carbocycles. The second-order valence-corrected chi connectivity index (χ2v) is 4.63.